The third kappa shape index (κ3) is 5.71. The van der Waals surface area contributed by atoms with Gasteiger partial charge in [-0.15, -0.1) is 0 Å². The van der Waals surface area contributed by atoms with Crippen molar-refractivity contribution in [1.29, 1.82) is 0 Å². The lowest BCUT2D eigenvalue weighted by Gasteiger charge is -2.38. The van der Waals surface area contributed by atoms with E-state index in [0.717, 1.165) is 47.8 Å². The number of aliphatic hydroxyl groups is 2. The van der Waals surface area contributed by atoms with Crippen molar-refractivity contribution in [1.82, 2.24) is 4.90 Å². The predicted octanol–water partition coefficient (Wildman–Crippen LogP) is 4.67. The lowest BCUT2D eigenvalue weighted by atomic mass is 9.66. The smallest absolute Gasteiger partial charge is 0.423 e. The SMILES string of the molecule is CCC/C(=C\c1cc(C)c(O)c(C)c1)CC[C@@H](O)C1=C(C(C)C)C[C@H]2C(=O)N(C(=O)OC)C(=O)[C@H]2[C@H]1CO. The van der Waals surface area contributed by atoms with Crippen LogP contribution in [0.5, 0.6) is 5.75 Å². The normalized spacial score (nSPS) is 22.8. The zero-order chi connectivity index (χ0) is 28.3. The Morgan fingerprint density at radius 2 is 1.79 bits per heavy atom. The Morgan fingerprint density at radius 3 is 2.32 bits per heavy atom. The van der Waals surface area contributed by atoms with E-state index in [-0.39, 0.29) is 12.3 Å². The van der Waals surface area contributed by atoms with E-state index in [1.54, 1.807) is 0 Å². The summed E-state index contributed by atoms with van der Waals surface area (Å²) in [6.07, 6.45) is 3.20. The fourth-order valence-electron chi connectivity index (χ4n) is 6.09. The minimum atomic E-state index is -1.02. The number of methoxy groups -OCH3 is 1. The molecule has 3 rings (SSSR count). The Hall–Kier alpha value is -2.97. The molecule has 0 saturated carbocycles. The van der Waals surface area contributed by atoms with Crippen LogP contribution in [0.2, 0.25) is 0 Å². The van der Waals surface area contributed by atoms with Crippen LogP contribution in [0.15, 0.2) is 28.9 Å². The summed E-state index contributed by atoms with van der Waals surface area (Å²) >= 11 is 0. The molecule has 0 bridgehead atoms. The standard InChI is InChI=1S/C30H41NO7/c1-7-8-19(13-20-11-17(4)27(34)18(5)12-20)9-10-24(33)25-21(16(2)3)14-22-26(23(25)15-32)29(36)31(28(22)35)30(37)38-6/h11-13,16,22-24,26,32-34H,7-10,14-15H2,1-6H3/b19-13+/t22-,23+,24-,26-/m1/s1. The summed E-state index contributed by atoms with van der Waals surface area (Å²) in [6.45, 7) is 9.34. The number of aliphatic hydroxyl groups excluding tert-OH is 2. The van der Waals surface area contributed by atoms with Gasteiger partial charge >= 0.3 is 6.09 Å². The number of allylic oxidation sites excluding steroid dienone is 2. The van der Waals surface area contributed by atoms with E-state index in [1.807, 2.05) is 39.8 Å². The molecule has 3 N–H and O–H groups in total. The second kappa shape index (κ2) is 12.3. The van der Waals surface area contributed by atoms with Crippen LogP contribution in [-0.2, 0) is 14.3 Å². The highest BCUT2D eigenvalue weighted by Gasteiger charge is 2.57. The van der Waals surface area contributed by atoms with Crippen molar-refractivity contribution >= 4 is 24.0 Å². The van der Waals surface area contributed by atoms with Gasteiger partial charge in [0.05, 0.1) is 31.7 Å². The van der Waals surface area contributed by atoms with Crippen molar-refractivity contribution in [3.8, 4) is 5.75 Å². The first-order valence-electron chi connectivity index (χ1n) is 13.4. The van der Waals surface area contributed by atoms with E-state index in [9.17, 15) is 29.7 Å². The number of likely N-dealkylation sites (tertiary alicyclic amines) is 1. The minimum Gasteiger partial charge on any atom is -0.507 e. The maximum absolute atomic E-state index is 13.2. The summed E-state index contributed by atoms with van der Waals surface area (Å²) in [5, 5.41) is 32.0. The van der Waals surface area contributed by atoms with Gasteiger partial charge in [0.25, 0.3) is 0 Å². The third-order valence-electron chi connectivity index (χ3n) is 7.92. The second-order valence-corrected chi connectivity index (χ2v) is 10.9. The Bertz CT molecular complexity index is 1130. The number of nitrogens with zero attached hydrogens (tertiary/aromatic N) is 1. The van der Waals surface area contributed by atoms with Crippen LogP contribution in [0.1, 0.15) is 69.6 Å². The molecule has 8 nitrogen and oxygen atoms in total. The Morgan fingerprint density at radius 1 is 1.16 bits per heavy atom. The van der Waals surface area contributed by atoms with Crippen LogP contribution in [0.3, 0.4) is 0 Å². The summed E-state index contributed by atoms with van der Waals surface area (Å²) < 4.78 is 4.66. The molecule has 0 spiro atoms. The predicted molar refractivity (Wildman–Crippen MR) is 144 cm³/mol. The fraction of sp³-hybridized carbons (Fsp3) is 0.567. The molecule has 1 saturated heterocycles. The van der Waals surface area contributed by atoms with Crippen molar-refractivity contribution in [3.63, 3.8) is 0 Å². The highest BCUT2D eigenvalue weighted by atomic mass is 16.5. The van der Waals surface area contributed by atoms with Gasteiger partial charge in [0.15, 0.2) is 0 Å². The van der Waals surface area contributed by atoms with Gasteiger partial charge in [0, 0.05) is 5.92 Å². The Labute approximate surface area is 225 Å². The number of hydrogen-bond donors (Lipinski definition) is 3. The molecule has 0 radical (unpaired) electrons. The Balaban J connectivity index is 1.91. The van der Waals surface area contributed by atoms with E-state index >= 15 is 0 Å². The maximum Gasteiger partial charge on any atom is 0.423 e. The average Bonchev–Trinajstić information content (AvgIpc) is 3.13. The van der Waals surface area contributed by atoms with Gasteiger partial charge in [0.1, 0.15) is 5.75 Å². The van der Waals surface area contributed by atoms with E-state index in [4.69, 9.17) is 0 Å². The molecule has 4 atom stereocenters. The number of carbonyl (C=O) groups is 3. The van der Waals surface area contributed by atoms with Crippen LogP contribution in [0.4, 0.5) is 4.79 Å². The fourth-order valence-corrected chi connectivity index (χ4v) is 6.09. The first-order chi connectivity index (χ1) is 18.0. The zero-order valence-electron chi connectivity index (χ0n) is 23.3. The number of rotatable bonds is 9. The lowest BCUT2D eigenvalue weighted by molar-refractivity contribution is -0.137. The molecule has 1 fully saturated rings. The highest BCUT2D eigenvalue weighted by Crippen LogP contribution is 2.48. The quantitative estimate of drug-likeness (QED) is 0.315. The molecule has 2 aliphatic rings. The van der Waals surface area contributed by atoms with Gasteiger partial charge < -0.3 is 20.1 Å². The number of hydrogen-bond acceptors (Lipinski definition) is 7. The van der Waals surface area contributed by atoms with Crippen molar-refractivity contribution in [2.24, 2.45) is 23.7 Å². The molecule has 38 heavy (non-hydrogen) atoms. The molecule has 8 heteroatoms. The second-order valence-electron chi connectivity index (χ2n) is 10.9. The number of carbonyl (C=O) groups excluding carboxylic acids is 3. The van der Waals surface area contributed by atoms with Gasteiger partial charge in [-0.1, -0.05) is 44.4 Å². The van der Waals surface area contributed by atoms with Crippen LogP contribution in [0.25, 0.3) is 6.08 Å². The zero-order valence-corrected chi connectivity index (χ0v) is 23.3. The van der Waals surface area contributed by atoms with Crippen LogP contribution >= 0.6 is 0 Å². The van der Waals surface area contributed by atoms with Crippen molar-refractivity contribution in [2.45, 2.75) is 72.8 Å². The molecular formula is C30H41NO7. The number of amides is 3. The van der Waals surface area contributed by atoms with E-state index < -0.39 is 48.4 Å². The summed E-state index contributed by atoms with van der Waals surface area (Å²) in [5.74, 6) is -3.44. The van der Waals surface area contributed by atoms with E-state index in [1.165, 1.54) is 0 Å². The first kappa shape index (κ1) is 29.6. The number of phenols is 1. The van der Waals surface area contributed by atoms with Gasteiger partial charge in [-0.2, -0.15) is 4.90 Å². The number of fused-ring (bicyclic) bond motifs is 1. The first-order valence-corrected chi connectivity index (χ1v) is 13.4. The number of phenolic OH excluding ortho intramolecular Hbond substituents is 1. The summed E-state index contributed by atoms with van der Waals surface area (Å²) in [7, 11) is 1.11. The molecule has 1 aromatic rings. The van der Waals surface area contributed by atoms with Gasteiger partial charge in [-0.05, 0) is 79.8 Å². The maximum atomic E-state index is 13.2. The number of aromatic hydroxyl groups is 1. The third-order valence-corrected chi connectivity index (χ3v) is 7.92. The molecular weight excluding hydrogens is 486 g/mol. The molecule has 1 aromatic carbocycles. The molecule has 0 aromatic heterocycles. The van der Waals surface area contributed by atoms with Crippen molar-refractivity contribution in [2.75, 3.05) is 13.7 Å². The number of benzene rings is 1. The molecule has 0 unspecified atom stereocenters. The molecule has 3 amide bonds. The highest BCUT2D eigenvalue weighted by molar-refractivity contribution is 6.16. The van der Waals surface area contributed by atoms with Crippen LogP contribution < -0.4 is 0 Å². The van der Waals surface area contributed by atoms with Gasteiger partial charge in [-0.3, -0.25) is 9.59 Å². The lowest BCUT2D eigenvalue weighted by Crippen LogP contribution is -2.40. The monoisotopic (exact) mass is 527 g/mol. The molecule has 1 aliphatic carbocycles. The van der Waals surface area contributed by atoms with Crippen LogP contribution in [0, 0.1) is 37.5 Å². The minimum absolute atomic E-state index is 0.0154. The number of imide groups is 3. The van der Waals surface area contributed by atoms with E-state index in [2.05, 4.69) is 17.7 Å². The van der Waals surface area contributed by atoms with Gasteiger partial charge in [-0.25, -0.2) is 4.79 Å². The van der Waals surface area contributed by atoms with Gasteiger partial charge in [0.2, 0.25) is 11.8 Å². The molecule has 1 aliphatic heterocycles. The van der Waals surface area contributed by atoms with Crippen LogP contribution in [-0.4, -0.2) is 57.9 Å². The summed E-state index contributed by atoms with van der Waals surface area (Å²) in [5.41, 5.74) is 5.22. The number of aryl methyl sites for hydroxylation is 2. The summed E-state index contributed by atoms with van der Waals surface area (Å²) in [6, 6.07) is 3.87. The molecule has 208 valence electrons. The van der Waals surface area contributed by atoms with Crippen molar-refractivity contribution in [3.05, 3.63) is 45.5 Å². The summed E-state index contributed by atoms with van der Waals surface area (Å²) in [4.78, 5) is 38.9. The van der Waals surface area contributed by atoms with Crippen molar-refractivity contribution < 1.29 is 34.4 Å². The topological polar surface area (TPSA) is 124 Å². The van der Waals surface area contributed by atoms with E-state index in [0.29, 0.717) is 29.1 Å². The Kier molecular flexibility index (Phi) is 9.54. The molecule has 1 heterocycles. The number of ether oxygens (including phenoxy) is 1. The largest absolute Gasteiger partial charge is 0.507 e. The average molecular weight is 528 g/mol.